The van der Waals surface area contributed by atoms with Crippen molar-refractivity contribution in [1.82, 2.24) is 14.4 Å². The number of nitrogens with zero attached hydrogens (tertiary/aromatic N) is 3. The van der Waals surface area contributed by atoms with E-state index in [1.807, 2.05) is 13.0 Å². The Labute approximate surface area is 226 Å². The zero-order valence-electron chi connectivity index (χ0n) is 20.8. The molecule has 0 fully saturated rings. The molecule has 0 saturated carbocycles. The van der Waals surface area contributed by atoms with E-state index in [0.717, 1.165) is 17.7 Å². The molecule has 4 aromatic heterocycles. The number of fused-ring (bicyclic) bond motifs is 1. The molecule has 1 aromatic carbocycles. The average Bonchev–Trinajstić information content (AvgIpc) is 3.57. The van der Waals surface area contributed by atoms with Crippen LogP contribution in [0.2, 0.25) is 0 Å². The van der Waals surface area contributed by atoms with Gasteiger partial charge in [-0.05, 0) is 53.9 Å². The van der Waals surface area contributed by atoms with Crippen LogP contribution >= 0.6 is 0 Å². The van der Waals surface area contributed by atoms with Gasteiger partial charge >= 0.3 is 18.3 Å². The minimum atomic E-state index is -5.08. The number of aliphatic carboxylic acids is 1. The van der Waals surface area contributed by atoms with Crippen LogP contribution in [0, 0.1) is 6.92 Å². The molecule has 5 rings (SSSR count). The molecule has 0 aliphatic rings. The second-order valence-electron chi connectivity index (χ2n) is 8.55. The highest BCUT2D eigenvalue weighted by molar-refractivity contribution is 6.09. The SMILES string of the molecule is Cc1ccc(NC(=O)c2cc3ccc(-c4ccc(C(F)(F)F)cc4)cn3c2-c2cocn2)nc1.O=C(O)C(F)(F)F. The number of carbonyl (C=O) groups is 2. The standard InChI is InChI=1S/C25H17F3N4O2.C2HF3O2/c1-15-2-9-22(29-11-15)31-24(33)20-10-19-8-5-17(12-32(19)23(20)21-13-34-14-30-21)16-3-6-18(7-4-16)25(26,27)28;3-2(4,5)1(6)7/h2-14H,1H3,(H,29,31,33);(H,6,7). The molecule has 1 amide bonds. The molecule has 41 heavy (non-hydrogen) atoms. The average molecular weight is 576 g/mol. The normalized spacial score (nSPS) is 11.6. The number of hydrogen-bond donors (Lipinski definition) is 2. The molecule has 0 radical (unpaired) electrons. The maximum absolute atomic E-state index is 13.1. The number of anilines is 1. The zero-order valence-corrected chi connectivity index (χ0v) is 20.8. The summed E-state index contributed by atoms with van der Waals surface area (Å²) in [4.78, 5) is 30.5. The van der Waals surface area contributed by atoms with E-state index in [0.29, 0.717) is 39.4 Å². The van der Waals surface area contributed by atoms with Gasteiger partial charge < -0.3 is 19.2 Å². The third-order valence-corrected chi connectivity index (χ3v) is 5.63. The van der Waals surface area contributed by atoms with Crippen molar-refractivity contribution in [2.75, 3.05) is 5.32 Å². The van der Waals surface area contributed by atoms with E-state index < -0.39 is 23.9 Å². The van der Waals surface area contributed by atoms with E-state index in [1.165, 1.54) is 24.8 Å². The van der Waals surface area contributed by atoms with E-state index in [9.17, 15) is 31.1 Å². The highest BCUT2D eigenvalue weighted by Crippen LogP contribution is 2.33. The van der Waals surface area contributed by atoms with Gasteiger partial charge in [-0.3, -0.25) is 4.79 Å². The van der Waals surface area contributed by atoms with Crippen LogP contribution < -0.4 is 5.32 Å². The van der Waals surface area contributed by atoms with Crippen molar-refractivity contribution in [3.63, 3.8) is 0 Å². The molecule has 5 aromatic rings. The number of alkyl halides is 6. The van der Waals surface area contributed by atoms with Gasteiger partial charge in [-0.15, -0.1) is 0 Å². The Morgan fingerprint density at radius 2 is 1.59 bits per heavy atom. The van der Waals surface area contributed by atoms with Crippen molar-refractivity contribution in [2.24, 2.45) is 0 Å². The van der Waals surface area contributed by atoms with E-state index >= 15 is 0 Å². The minimum Gasteiger partial charge on any atom is -0.475 e. The van der Waals surface area contributed by atoms with Crippen molar-refractivity contribution < 1.29 is 45.5 Å². The number of oxazole rings is 1. The number of carboxylic acids is 1. The van der Waals surface area contributed by atoms with E-state index in [4.69, 9.17) is 14.3 Å². The Bertz CT molecular complexity index is 1670. The summed E-state index contributed by atoms with van der Waals surface area (Å²) < 4.78 is 77.4. The first kappa shape index (κ1) is 28.9. The Morgan fingerprint density at radius 1 is 0.927 bits per heavy atom. The van der Waals surface area contributed by atoms with Crippen LogP contribution in [0.3, 0.4) is 0 Å². The maximum Gasteiger partial charge on any atom is 0.490 e. The quantitative estimate of drug-likeness (QED) is 0.226. The second-order valence-corrected chi connectivity index (χ2v) is 8.55. The summed E-state index contributed by atoms with van der Waals surface area (Å²) in [6, 6.07) is 13.8. The number of hydrogen-bond acceptors (Lipinski definition) is 5. The van der Waals surface area contributed by atoms with E-state index in [-0.39, 0.29) is 5.91 Å². The van der Waals surface area contributed by atoms with Crippen LogP contribution in [0.1, 0.15) is 21.5 Å². The molecule has 4 heterocycles. The lowest BCUT2D eigenvalue weighted by Crippen LogP contribution is -2.21. The summed E-state index contributed by atoms with van der Waals surface area (Å²) in [6.45, 7) is 1.90. The van der Waals surface area contributed by atoms with E-state index in [1.54, 1.807) is 41.1 Å². The van der Waals surface area contributed by atoms with Gasteiger partial charge in [0.15, 0.2) is 6.39 Å². The summed E-state index contributed by atoms with van der Waals surface area (Å²) in [5.74, 6) is -2.73. The molecule has 0 aliphatic heterocycles. The van der Waals surface area contributed by atoms with Gasteiger partial charge in [0.25, 0.3) is 5.91 Å². The lowest BCUT2D eigenvalue weighted by atomic mass is 10.1. The smallest absolute Gasteiger partial charge is 0.475 e. The number of aromatic nitrogens is 3. The summed E-state index contributed by atoms with van der Waals surface area (Å²) in [7, 11) is 0. The summed E-state index contributed by atoms with van der Waals surface area (Å²) >= 11 is 0. The largest absolute Gasteiger partial charge is 0.490 e. The van der Waals surface area contributed by atoms with Crippen LogP contribution in [0.5, 0.6) is 0 Å². The molecular formula is C27H18F6N4O4. The summed E-state index contributed by atoms with van der Waals surface area (Å²) in [6.07, 6.45) is -3.40. The first-order chi connectivity index (χ1) is 19.2. The van der Waals surface area contributed by atoms with Crippen molar-refractivity contribution >= 4 is 23.2 Å². The monoisotopic (exact) mass is 576 g/mol. The van der Waals surface area contributed by atoms with Crippen LogP contribution in [0.15, 0.2) is 84.1 Å². The van der Waals surface area contributed by atoms with Crippen molar-refractivity contribution in [2.45, 2.75) is 19.3 Å². The Kier molecular flexibility index (Phi) is 7.85. The third kappa shape index (κ3) is 6.72. The molecule has 8 nitrogen and oxygen atoms in total. The fourth-order valence-corrected chi connectivity index (χ4v) is 3.68. The van der Waals surface area contributed by atoms with Crippen molar-refractivity contribution in [1.29, 1.82) is 0 Å². The molecule has 2 N–H and O–H groups in total. The number of benzene rings is 1. The van der Waals surface area contributed by atoms with Gasteiger partial charge in [-0.25, -0.2) is 14.8 Å². The number of carboxylic acid groups (broad SMARTS) is 1. The molecule has 0 saturated heterocycles. The highest BCUT2D eigenvalue weighted by atomic mass is 19.4. The summed E-state index contributed by atoms with van der Waals surface area (Å²) in [5, 5.41) is 9.91. The molecular weight excluding hydrogens is 558 g/mol. The molecule has 0 unspecified atom stereocenters. The molecule has 0 aliphatic carbocycles. The fourth-order valence-electron chi connectivity index (χ4n) is 3.68. The molecule has 0 spiro atoms. The summed E-state index contributed by atoms with van der Waals surface area (Å²) in [5.41, 5.74) is 3.50. The Hall–Kier alpha value is -5.14. The number of pyridine rings is 2. The third-order valence-electron chi connectivity index (χ3n) is 5.63. The zero-order chi connectivity index (χ0) is 29.9. The lowest BCUT2D eigenvalue weighted by molar-refractivity contribution is -0.192. The van der Waals surface area contributed by atoms with Gasteiger partial charge in [0.05, 0.1) is 16.8 Å². The number of amides is 1. The number of halogens is 6. The highest BCUT2D eigenvalue weighted by Gasteiger charge is 2.38. The van der Waals surface area contributed by atoms with E-state index in [2.05, 4.69) is 15.3 Å². The van der Waals surface area contributed by atoms with Crippen molar-refractivity contribution in [3.8, 4) is 22.5 Å². The van der Waals surface area contributed by atoms with Crippen LogP contribution in [0.4, 0.5) is 32.2 Å². The van der Waals surface area contributed by atoms with Crippen LogP contribution in [0.25, 0.3) is 28.0 Å². The predicted molar refractivity (Wildman–Crippen MR) is 134 cm³/mol. The Balaban J connectivity index is 0.000000493. The first-order valence-corrected chi connectivity index (χ1v) is 11.5. The fraction of sp³-hybridized carbons (Fsp3) is 0.111. The maximum atomic E-state index is 13.1. The first-order valence-electron chi connectivity index (χ1n) is 11.5. The number of aryl methyl sites for hydroxylation is 1. The van der Waals surface area contributed by atoms with Crippen molar-refractivity contribution in [3.05, 3.63) is 96.3 Å². The predicted octanol–water partition coefficient (Wildman–Crippen LogP) is 6.87. The lowest BCUT2D eigenvalue weighted by Gasteiger charge is -2.09. The Morgan fingerprint density at radius 3 is 2.12 bits per heavy atom. The number of rotatable bonds is 4. The molecule has 212 valence electrons. The molecule has 14 heteroatoms. The molecule has 0 atom stereocenters. The minimum absolute atomic E-state index is 0.348. The second kappa shape index (κ2) is 11.2. The number of carbonyl (C=O) groups excluding carboxylic acids is 1. The van der Waals surface area contributed by atoms with Crippen LogP contribution in [-0.2, 0) is 11.0 Å². The molecule has 0 bridgehead atoms. The van der Waals surface area contributed by atoms with Gasteiger partial charge in [0.1, 0.15) is 17.8 Å². The topological polar surface area (TPSA) is 110 Å². The van der Waals surface area contributed by atoms with Gasteiger partial charge in [-0.1, -0.05) is 24.3 Å². The van der Waals surface area contributed by atoms with Gasteiger partial charge in [-0.2, -0.15) is 26.3 Å². The number of nitrogens with one attached hydrogen (secondary N) is 1. The van der Waals surface area contributed by atoms with Gasteiger partial charge in [0, 0.05) is 17.9 Å². The van der Waals surface area contributed by atoms with Gasteiger partial charge in [0.2, 0.25) is 0 Å². The van der Waals surface area contributed by atoms with Crippen LogP contribution in [-0.4, -0.2) is 37.5 Å².